The van der Waals surface area contributed by atoms with Gasteiger partial charge in [-0.15, -0.1) is 0 Å². The second kappa shape index (κ2) is 9.19. The molecule has 0 bridgehead atoms. The maximum atomic E-state index is 9.89. The molecule has 8 nitrogen and oxygen atoms in total. The van der Waals surface area contributed by atoms with E-state index in [0.29, 0.717) is 37.6 Å². The van der Waals surface area contributed by atoms with E-state index in [9.17, 15) is 5.11 Å². The fraction of sp³-hybridized carbons (Fsp3) is 0.667. The molecule has 29 heavy (non-hydrogen) atoms. The van der Waals surface area contributed by atoms with E-state index in [1.54, 1.807) is 13.3 Å². The van der Waals surface area contributed by atoms with E-state index in [1.165, 1.54) is 0 Å². The Morgan fingerprint density at radius 1 is 1.21 bits per heavy atom. The maximum Gasteiger partial charge on any atom is 0.224 e. The smallest absolute Gasteiger partial charge is 0.224 e. The standard InChI is InChI=1S/C21H30N4O4/c1-13(11-27-2)24-21-23-10-18-19(25-21)17(14-3-5-15(26)6-4-14)9-22-20(18)29-16-7-8-28-12-16/h9-10,13-16,26H,3-8,11-12H2,1-2H3,(H,23,24,25)/t13-,14?,15?,16-/m0/s1. The monoisotopic (exact) mass is 402 g/mol. The van der Waals surface area contributed by atoms with Crippen molar-refractivity contribution in [3.05, 3.63) is 18.0 Å². The van der Waals surface area contributed by atoms with Crippen LogP contribution in [0.4, 0.5) is 5.95 Å². The first-order valence-electron chi connectivity index (χ1n) is 10.5. The summed E-state index contributed by atoms with van der Waals surface area (Å²) in [5.41, 5.74) is 1.98. The van der Waals surface area contributed by atoms with Gasteiger partial charge in [0.15, 0.2) is 0 Å². The highest BCUT2D eigenvalue weighted by molar-refractivity contribution is 5.86. The zero-order valence-electron chi connectivity index (χ0n) is 17.1. The van der Waals surface area contributed by atoms with Gasteiger partial charge in [-0.1, -0.05) is 0 Å². The topological polar surface area (TPSA) is 98.6 Å². The summed E-state index contributed by atoms with van der Waals surface area (Å²) in [5.74, 6) is 1.46. The van der Waals surface area contributed by atoms with Crippen LogP contribution in [-0.4, -0.2) is 65.2 Å². The number of aromatic nitrogens is 3. The molecule has 2 fully saturated rings. The van der Waals surface area contributed by atoms with Gasteiger partial charge in [0.2, 0.25) is 11.8 Å². The fourth-order valence-corrected chi connectivity index (χ4v) is 4.14. The third-order valence-corrected chi connectivity index (χ3v) is 5.71. The number of ether oxygens (including phenoxy) is 3. The average Bonchev–Trinajstić information content (AvgIpc) is 3.22. The number of anilines is 1. The summed E-state index contributed by atoms with van der Waals surface area (Å²) < 4.78 is 16.7. The molecule has 1 aliphatic carbocycles. The summed E-state index contributed by atoms with van der Waals surface area (Å²) in [6, 6.07) is 0.0962. The first-order valence-corrected chi connectivity index (χ1v) is 10.5. The lowest BCUT2D eigenvalue weighted by molar-refractivity contribution is 0.122. The van der Waals surface area contributed by atoms with Crippen molar-refractivity contribution < 1.29 is 19.3 Å². The molecule has 3 heterocycles. The second-order valence-corrected chi connectivity index (χ2v) is 8.08. The van der Waals surface area contributed by atoms with Crippen LogP contribution in [0.2, 0.25) is 0 Å². The van der Waals surface area contributed by atoms with Gasteiger partial charge in [-0.2, -0.15) is 0 Å². The third kappa shape index (κ3) is 4.76. The summed E-state index contributed by atoms with van der Waals surface area (Å²) in [6.07, 6.45) is 7.85. The zero-order valence-corrected chi connectivity index (χ0v) is 17.1. The summed E-state index contributed by atoms with van der Waals surface area (Å²) in [5, 5.41) is 14.0. The molecule has 0 aromatic carbocycles. The zero-order chi connectivity index (χ0) is 20.2. The van der Waals surface area contributed by atoms with Crippen molar-refractivity contribution in [2.24, 2.45) is 0 Å². The van der Waals surface area contributed by atoms with Gasteiger partial charge in [0.25, 0.3) is 0 Å². The van der Waals surface area contributed by atoms with Crippen LogP contribution in [0.15, 0.2) is 12.4 Å². The highest BCUT2D eigenvalue weighted by Gasteiger charge is 2.26. The lowest BCUT2D eigenvalue weighted by atomic mass is 9.83. The van der Waals surface area contributed by atoms with Crippen molar-refractivity contribution in [2.45, 2.75) is 63.2 Å². The number of aliphatic hydroxyl groups is 1. The van der Waals surface area contributed by atoms with Crippen molar-refractivity contribution in [2.75, 3.05) is 32.2 Å². The number of hydrogen-bond donors (Lipinski definition) is 2. The number of fused-ring (bicyclic) bond motifs is 1. The molecule has 0 amide bonds. The predicted molar refractivity (Wildman–Crippen MR) is 109 cm³/mol. The van der Waals surface area contributed by atoms with Gasteiger partial charge in [0.05, 0.1) is 36.8 Å². The van der Waals surface area contributed by atoms with Gasteiger partial charge >= 0.3 is 0 Å². The average molecular weight is 402 g/mol. The van der Waals surface area contributed by atoms with Gasteiger partial charge in [-0.25, -0.2) is 15.0 Å². The van der Waals surface area contributed by atoms with E-state index in [1.807, 2.05) is 13.1 Å². The molecule has 8 heteroatoms. The molecular weight excluding hydrogens is 372 g/mol. The SMILES string of the molecule is COC[C@H](C)Nc1ncc2c(O[C@H]3CCOC3)ncc(C3CCC(O)CC3)c2n1. The van der Waals surface area contributed by atoms with E-state index in [2.05, 4.69) is 15.3 Å². The van der Waals surface area contributed by atoms with Crippen LogP contribution in [0.5, 0.6) is 5.88 Å². The van der Waals surface area contributed by atoms with Crippen LogP contribution in [0.1, 0.15) is 50.5 Å². The van der Waals surface area contributed by atoms with Gasteiger partial charge in [-0.05, 0) is 38.5 Å². The number of nitrogens with zero attached hydrogens (tertiary/aromatic N) is 3. The molecule has 1 saturated heterocycles. The lowest BCUT2D eigenvalue weighted by Gasteiger charge is -2.26. The van der Waals surface area contributed by atoms with Crippen LogP contribution >= 0.6 is 0 Å². The van der Waals surface area contributed by atoms with Gasteiger partial charge in [0.1, 0.15) is 6.10 Å². The van der Waals surface area contributed by atoms with Crippen LogP contribution in [0.25, 0.3) is 10.9 Å². The molecule has 1 saturated carbocycles. The van der Waals surface area contributed by atoms with E-state index >= 15 is 0 Å². The molecule has 158 valence electrons. The van der Waals surface area contributed by atoms with Crippen LogP contribution in [0, 0.1) is 0 Å². The molecule has 0 spiro atoms. The van der Waals surface area contributed by atoms with E-state index in [4.69, 9.17) is 19.2 Å². The maximum absolute atomic E-state index is 9.89. The van der Waals surface area contributed by atoms with Gasteiger partial charge in [0, 0.05) is 37.5 Å². The number of rotatable bonds is 7. The molecule has 0 radical (unpaired) electrons. The summed E-state index contributed by atoms with van der Waals surface area (Å²) in [6.45, 7) is 3.90. The largest absolute Gasteiger partial charge is 0.471 e. The summed E-state index contributed by atoms with van der Waals surface area (Å²) >= 11 is 0. The first kappa shape index (κ1) is 20.3. The molecular formula is C21H30N4O4. The molecule has 2 atom stereocenters. The summed E-state index contributed by atoms with van der Waals surface area (Å²) in [7, 11) is 1.68. The first-order chi connectivity index (χ1) is 14.1. The molecule has 4 rings (SSSR count). The Morgan fingerprint density at radius 2 is 2.03 bits per heavy atom. The Labute approximate surface area is 171 Å². The van der Waals surface area contributed by atoms with Crippen LogP contribution in [-0.2, 0) is 9.47 Å². The quantitative estimate of drug-likeness (QED) is 0.729. The van der Waals surface area contributed by atoms with E-state index in [-0.39, 0.29) is 18.2 Å². The van der Waals surface area contributed by atoms with Crippen molar-refractivity contribution in [3.63, 3.8) is 0 Å². The minimum atomic E-state index is -0.197. The Bertz CT molecular complexity index is 820. The molecule has 2 aromatic rings. The van der Waals surface area contributed by atoms with Crippen molar-refractivity contribution in [3.8, 4) is 5.88 Å². The number of aliphatic hydroxyl groups excluding tert-OH is 1. The molecule has 0 unspecified atom stereocenters. The van der Waals surface area contributed by atoms with Gasteiger partial charge < -0.3 is 24.6 Å². The van der Waals surface area contributed by atoms with Crippen molar-refractivity contribution >= 4 is 16.9 Å². The molecule has 1 aliphatic heterocycles. The minimum absolute atomic E-state index is 0.0147. The van der Waals surface area contributed by atoms with Crippen molar-refractivity contribution in [1.82, 2.24) is 15.0 Å². The predicted octanol–water partition coefficient (Wildman–Crippen LogP) is 2.66. The number of hydrogen-bond acceptors (Lipinski definition) is 8. The number of methoxy groups -OCH3 is 1. The molecule has 2 N–H and O–H groups in total. The Hall–Kier alpha value is -2.03. The van der Waals surface area contributed by atoms with Crippen LogP contribution in [0.3, 0.4) is 0 Å². The Morgan fingerprint density at radius 3 is 2.76 bits per heavy atom. The third-order valence-electron chi connectivity index (χ3n) is 5.71. The Balaban J connectivity index is 1.68. The normalized spacial score (nSPS) is 25.8. The van der Waals surface area contributed by atoms with Crippen molar-refractivity contribution in [1.29, 1.82) is 0 Å². The lowest BCUT2D eigenvalue weighted by Crippen LogP contribution is -2.22. The highest BCUT2D eigenvalue weighted by Crippen LogP contribution is 2.38. The fourth-order valence-electron chi connectivity index (χ4n) is 4.14. The van der Waals surface area contributed by atoms with E-state index in [0.717, 1.165) is 48.6 Å². The summed E-state index contributed by atoms with van der Waals surface area (Å²) in [4.78, 5) is 14.0. The minimum Gasteiger partial charge on any atom is -0.471 e. The second-order valence-electron chi connectivity index (χ2n) is 8.08. The molecule has 2 aromatic heterocycles. The van der Waals surface area contributed by atoms with Crippen LogP contribution < -0.4 is 10.1 Å². The molecule has 2 aliphatic rings. The van der Waals surface area contributed by atoms with E-state index < -0.39 is 0 Å². The highest BCUT2D eigenvalue weighted by atomic mass is 16.5. The van der Waals surface area contributed by atoms with Gasteiger partial charge in [-0.3, -0.25) is 0 Å². The Kier molecular flexibility index (Phi) is 6.42. The number of nitrogens with one attached hydrogen (secondary N) is 1. The number of pyridine rings is 1.